The number of carbonyl (C=O) groups is 1. The highest BCUT2D eigenvalue weighted by molar-refractivity contribution is 5.89. The van der Waals surface area contributed by atoms with Crippen molar-refractivity contribution < 1.29 is 13.9 Å². The van der Waals surface area contributed by atoms with Crippen LogP contribution >= 0.6 is 0 Å². The predicted octanol–water partition coefficient (Wildman–Crippen LogP) is 1.40. The number of alkyl halides is 1. The molecule has 0 heterocycles. The maximum atomic E-state index is 12.4. The summed E-state index contributed by atoms with van der Waals surface area (Å²) in [5, 5.41) is 0. The SMILES string of the molecule is COC(=O)c1cc(CN)cc(CF)c1. The molecule has 0 aliphatic rings. The molecule has 0 amide bonds. The van der Waals surface area contributed by atoms with Crippen LogP contribution in [0.2, 0.25) is 0 Å². The number of esters is 1. The van der Waals surface area contributed by atoms with Gasteiger partial charge in [-0.3, -0.25) is 0 Å². The Morgan fingerprint density at radius 3 is 2.57 bits per heavy atom. The Balaban J connectivity index is 3.10. The quantitative estimate of drug-likeness (QED) is 0.745. The van der Waals surface area contributed by atoms with Crippen LogP contribution in [0, 0.1) is 0 Å². The van der Waals surface area contributed by atoms with Crippen molar-refractivity contribution in [3.8, 4) is 0 Å². The number of carbonyl (C=O) groups excluding carboxylic acids is 1. The fourth-order valence-electron chi connectivity index (χ4n) is 1.19. The van der Waals surface area contributed by atoms with E-state index in [0.29, 0.717) is 11.1 Å². The predicted molar refractivity (Wildman–Crippen MR) is 50.5 cm³/mol. The number of halogens is 1. The highest BCUT2D eigenvalue weighted by Crippen LogP contribution is 2.12. The van der Waals surface area contributed by atoms with Gasteiger partial charge in [-0.15, -0.1) is 0 Å². The van der Waals surface area contributed by atoms with E-state index in [2.05, 4.69) is 4.74 Å². The number of benzene rings is 1. The van der Waals surface area contributed by atoms with Crippen molar-refractivity contribution in [1.29, 1.82) is 0 Å². The Bertz CT molecular complexity index is 317. The molecule has 14 heavy (non-hydrogen) atoms. The molecule has 0 unspecified atom stereocenters. The minimum absolute atomic E-state index is 0.276. The molecule has 0 saturated carbocycles. The maximum absolute atomic E-state index is 12.4. The van der Waals surface area contributed by atoms with Gasteiger partial charge in [0.05, 0.1) is 12.7 Å². The van der Waals surface area contributed by atoms with Gasteiger partial charge in [0.2, 0.25) is 0 Å². The zero-order valence-corrected chi connectivity index (χ0v) is 7.92. The van der Waals surface area contributed by atoms with Crippen LogP contribution in [0.5, 0.6) is 0 Å². The smallest absolute Gasteiger partial charge is 0.337 e. The van der Waals surface area contributed by atoms with Crippen LogP contribution in [0.25, 0.3) is 0 Å². The molecule has 1 aromatic carbocycles. The third kappa shape index (κ3) is 2.29. The van der Waals surface area contributed by atoms with Gasteiger partial charge >= 0.3 is 5.97 Å². The summed E-state index contributed by atoms with van der Waals surface area (Å²) in [5.74, 6) is -0.477. The zero-order chi connectivity index (χ0) is 10.6. The molecule has 0 aromatic heterocycles. The van der Waals surface area contributed by atoms with Crippen LogP contribution in [0.1, 0.15) is 21.5 Å². The standard InChI is InChI=1S/C10H12FNO2/c1-14-10(13)9-3-7(5-11)2-8(4-9)6-12/h2-4H,5-6,12H2,1H3. The Hall–Kier alpha value is -1.42. The molecule has 76 valence electrons. The van der Waals surface area contributed by atoms with Crippen molar-refractivity contribution in [2.45, 2.75) is 13.2 Å². The van der Waals surface area contributed by atoms with E-state index in [1.54, 1.807) is 12.1 Å². The van der Waals surface area contributed by atoms with Gasteiger partial charge in [-0.25, -0.2) is 9.18 Å². The first-order chi connectivity index (χ1) is 6.71. The van der Waals surface area contributed by atoms with Gasteiger partial charge in [0, 0.05) is 6.54 Å². The second-order valence-corrected chi connectivity index (χ2v) is 2.87. The van der Waals surface area contributed by atoms with Gasteiger partial charge in [-0.2, -0.15) is 0 Å². The summed E-state index contributed by atoms with van der Waals surface area (Å²) < 4.78 is 16.9. The number of hydrogen-bond acceptors (Lipinski definition) is 3. The molecule has 2 N–H and O–H groups in total. The van der Waals surface area contributed by atoms with Gasteiger partial charge in [0.15, 0.2) is 0 Å². The highest BCUT2D eigenvalue weighted by Gasteiger charge is 2.07. The van der Waals surface area contributed by atoms with E-state index >= 15 is 0 Å². The van der Waals surface area contributed by atoms with Crippen molar-refractivity contribution in [1.82, 2.24) is 0 Å². The number of rotatable bonds is 3. The molecular weight excluding hydrogens is 185 g/mol. The normalized spacial score (nSPS) is 9.93. The lowest BCUT2D eigenvalue weighted by Crippen LogP contribution is -2.05. The van der Waals surface area contributed by atoms with Gasteiger partial charge in [0.25, 0.3) is 0 Å². The van der Waals surface area contributed by atoms with Crippen LogP contribution < -0.4 is 5.73 Å². The lowest BCUT2D eigenvalue weighted by Gasteiger charge is -2.04. The fourth-order valence-corrected chi connectivity index (χ4v) is 1.19. The minimum Gasteiger partial charge on any atom is -0.465 e. The molecule has 0 atom stereocenters. The van der Waals surface area contributed by atoms with Crippen LogP contribution in [0.3, 0.4) is 0 Å². The van der Waals surface area contributed by atoms with E-state index < -0.39 is 12.6 Å². The highest BCUT2D eigenvalue weighted by atomic mass is 19.1. The summed E-state index contributed by atoms with van der Waals surface area (Å²) in [6.45, 7) is -0.338. The van der Waals surface area contributed by atoms with Gasteiger partial charge < -0.3 is 10.5 Å². The van der Waals surface area contributed by atoms with E-state index in [1.807, 2.05) is 0 Å². The molecule has 1 rings (SSSR count). The average Bonchev–Trinajstić information content (AvgIpc) is 2.27. The molecule has 4 heteroatoms. The van der Waals surface area contributed by atoms with Crippen molar-refractivity contribution >= 4 is 5.97 Å². The molecule has 0 radical (unpaired) electrons. The Kier molecular flexibility index (Phi) is 3.59. The first-order valence-corrected chi connectivity index (χ1v) is 4.18. The van der Waals surface area contributed by atoms with Crippen molar-refractivity contribution in [2.24, 2.45) is 5.73 Å². The summed E-state index contributed by atoms with van der Waals surface area (Å²) in [4.78, 5) is 11.2. The number of methoxy groups -OCH3 is 1. The number of nitrogens with two attached hydrogens (primary N) is 1. The van der Waals surface area contributed by atoms with Crippen molar-refractivity contribution in [3.05, 3.63) is 34.9 Å². The number of hydrogen-bond donors (Lipinski definition) is 1. The third-order valence-corrected chi connectivity index (χ3v) is 1.86. The van der Waals surface area contributed by atoms with Crippen LogP contribution in [-0.2, 0) is 18.0 Å². The Labute approximate surface area is 81.7 Å². The first kappa shape index (κ1) is 10.7. The summed E-state index contributed by atoms with van der Waals surface area (Å²) in [6, 6.07) is 4.70. The van der Waals surface area contributed by atoms with E-state index in [-0.39, 0.29) is 6.54 Å². The number of ether oxygens (including phenoxy) is 1. The maximum Gasteiger partial charge on any atom is 0.337 e. The topological polar surface area (TPSA) is 52.3 Å². The van der Waals surface area contributed by atoms with Gasteiger partial charge in [0.1, 0.15) is 6.67 Å². The fraction of sp³-hybridized carbons (Fsp3) is 0.300. The molecular formula is C10H12FNO2. The van der Waals surface area contributed by atoms with Crippen molar-refractivity contribution in [2.75, 3.05) is 7.11 Å². The molecule has 0 fully saturated rings. The average molecular weight is 197 g/mol. The Morgan fingerprint density at radius 1 is 1.43 bits per heavy atom. The van der Waals surface area contributed by atoms with Gasteiger partial charge in [-0.05, 0) is 23.3 Å². The third-order valence-electron chi connectivity index (χ3n) is 1.86. The van der Waals surface area contributed by atoms with Crippen LogP contribution in [0.4, 0.5) is 4.39 Å². The lowest BCUT2D eigenvalue weighted by molar-refractivity contribution is 0.0600. The van der Waals surface area contributed by atoms with E-state index in [1.165, 1.54) is 13.2 Å². The first-order valence-electron chi connectivity index (χ1n) is 4.18. The molecule has 0 bridgehead atoms. The molecule has 0 aliphatic carbocycles. The second kappa shape index (κ2) is 4.72. The summed E-state index contributed by atoms with van der Waals surface area (Å²) >= 11 is 0. The van der Waals surface area contributed by atoms with Crippen LogP contribution in [0.15, 0.2) is 18.2 Å². The summed E-state index contributed by atoms with van der Waals surface area (Å²) in [5.41, 5.74) is 6.91. The molecule has 0 aliphatic heterocycles. The second-order valence-electron chi connectivity index (χ2n) is 2.87. The van der Waals surface area contributed by atoms with E-state index in [0.717, 1.165) is 5.56 Å². The van der Waals surface area contributed by atoms with E-state index in [9.17, 15) is 9.18 Å². The molecule has 3 nitrogen and oxygen atoms in total. The minimum atomic E-state index is -0.613. The van der Waals surface area contributed by atoms with Gasteiger partial charge in [-0.1, -0.05) is 6.07 Å². The molecule has 0 spiro atoms. The Morgan fingerprint density at radius 2 is 2.07 bits per heavy atom. The lowest BCUT2D eigenvalue weighted by atomic mass is 10.1. The molecule has 0 saturated heterocycles. The summed E-state index contributed by atoms with van der Waals surface area (Å²) in [7, 11) is 1.28. The monoisotopic (exact) mass is 197 g/mol. The zero-order valence-electron chi connectivity index (χ0n) is 7.92. The summed E-state index contributed by atoms with van der Waals surface area (Å²) in [6.07, 6.45) is 0. The largest absolute Gasteiger partial charge is 0.465 e. The molecule has 1 aromatic rings. The van der Waals surface area contributed by atoms with E-state index in [4.69, 9.17) is 5.73 Å². The van der Waals surface area contributed by atoms with Crippen molar-refractivity contribution in [3.63, 3.8) is 0 Å². The van der Waals surface area contributed by atoms with Crippen LogP contribution in [-0.4, -0.2) is 13.1 Å².